The van der Waals surface area contributed by atoms with Gasteiger partial charge in [0.05, 0.1) is 0 Å². The number of hydrazone groups is 1. The van der Waals surface area contributed by atoms with Gasteiger partial charge in [0.25, 0.3) is 5.91 Å². The lowest BCUT2D eigenvalue weighted by Gasteiger charge is -2.00. The zero-order valence-electron chi connectivity index (χ0n) is 9.32. The van der Waals surface area contributed by atoms with Gasteiger partial charge in [-0.2, -0.15) is 5.10 Å². The van der Waals surface area contributed by atoms with E-state index in [1.165, 1.54) is 0 Å². The molecule has 1 aromatic rings. The fraction of sp³-hybridized carbons (Fsp3) is 0.333. The fourth-order valence-electron chi connectivity index (χ4n) is 1.01. The zero-order valence-corrected chi connectivity index (χ0v) is 9.32. The zero-order chi connectivity index (χ0) is 11.3. The normalized spacial score (nSPS) is 10.9. The number of carbonyl (C=O) groups is 1. The van der Waals surface area contributed by atoms with Gasteiger partial charge in [0.2, 0.25) is 0 Å². The minimum Gasteiger partial charge on any atom is -0.267 e. The van der Waals surface area contributed by atoms with E-state index in [0.717, 1.165) is 5.56 Å². The van der Waals surface area contributed by atoms with E-state index in [4.69, 9.17) is 0 Å². The van der Waals surface area contributed by atoms with Gasteiger partial charge in [-0.25, -0.2) is 5.43 Å². The topological polar surface area (TPSA) is 41.5 Å². The van der Waals surface area contributed by atoms with Crippen LogP contribution in [0.15, 0.2) is 29.4 Å². The first-order valence-corrected chi connectivity index (χ1v) is 5.00. The molecule has 1 amide bonds. The second-order valence-corrected chi connectivity index (χ2v) is 3.83. The Kier molecular flexibility index (Phi) is 4.03. The van der Waals surface area contributed by atoms with Crippen molar-refractivity contribution in [3.63, 3.8) is 0 Å². The number of hydrogen-bond acceptors (Lipinski definition) is 2. The molecular formula is C12H16N2O. The molecule has 0 unspecified atom stereocenters. The summed E-state index contributed by atoms with van der Waals surface area (Å²) in [5, 5.41) is 3.85. The third-order valence-electron chi connectivity index (χ3n) is 1.85. The molecule has 0 aliphatic carbocycles. The van der Waals surface area contributed by atoms with Crippen LogP contribution >= 0.6 is 0 Å². The molecule has 0 saturated heterocycles. The van der Waals surface area contributed by atoms with Gasteiger partial charge in [-0.1, -0.05) is 31.5 Å². The van der Waals surface area contributed by atoms with E-state index in [-0.39, 0.29) is 5.91 Å². The SMILES string of the molecule is Cc1ccc(C(=O)NN=CC(C)C)cc1. The highest BCUT2D eigenvalue weighted by atomic mass is 16.2. The smallest absolute Gasteiger partial charge is 0.267 e. The maximum Gasteiger partial charge on any atom is 0.271 e. The quantitative estimate of drug-likeness (QED) is 0.596. The predicted octanol–water partition coefficient (Wildman–Crippen LogP) is 2.37. The van der Waals surface area contributed by atoms with Crippen LogP contribution in [0.3, 0.4) is 0 Å². The van der Waals surface area contributed by atoms with Crippen molar-refractivity contribution in [1.82, 2.24) is 5.43 Å². The van der Waals surface area contributed by atoms with Gasteiger partial charge in [-0.05, 0) is 25.0 Å². The fourth-order valence-corrected chi connectivity index (χ4v) is 1.01. The highest BCUT2D eigenvalue weighted by molar-refractivity contribution is 5.94. The number of nitrogens with zero attached hydrogens (tertiary/aromatic N) is 1. The van der Waals surface area contributed by atoms with E-state index in [0.29, 0.717) is 11.5 Å². The van der Waals surface area contributed by atoms with Crippen LogP contribution in [0, 0.1) is 12.8 Å². The predicted molar refractivity (Wildman–Crippen MR) is 62.0 cm³/mol. The van der Waals surface area contributed by atoms with Crippen molar-refractivity contribution in [1.29, 1.82) is 0 Å². The maximum absolute atomic E-state index is 11.5. The third-order valence-corrected chi connectivity index (χ3v) is 1.85. The van der Waals surface area contributed by atoms with Crippen LogP contribution in [0.4, 0.5) is 0 Å². The minimum absolute atomic E-state index is 0.174. The van der Waals surface area contributed by atoms with Crippen LogP contribution in [0.2, 0.25) is 0 Å². The first kappa shape index (κ1) is 11.4. The van der Waals surface area contributed by atoms with Crippen molar-refractivity contribution in [2.75, 3.05) is 0 Å². The molecule has 80 valence electrons. The molecule has 0 aliphatic heterocycles. The largest absolute Gasteiger partial charge is 0.271 e. The molecule has 0 spiro atoms. The second kappa shape index (κ2) is 5.29. The molecule has 3 heteroatoms. The molecule has 0 radical (unpaired) electrons. The third kappa shape index (κ3) is 3.94. The van der Waals surface area contributed by atoms with Gasteiger partial charge in [0, 0.05) is 11.8 Å². The van der Waals surface area contributed by atoms with Gasteiger partial charge < -0.3 is 0 Å². The number of rotatable bonds is 3. The molecule has 0 heterocycles. The Morgan fingerprint density at radius 1 is 1.33 bits per heavy atom. The van der Waals surface area contributed by atoms with Crippen molar-refractivity contribution in [3.05, 3.63) is 35.4 Å². The molecule has 0 aliphatic rings. The van der Waals surface area contributed by atoms with E-state index in [1.807, 2.05) is 32.9 Å². The van der Waals surface area contributed by atoms with Crippen LogP contribution in [0.1, 0.15) is 29.8 Å². The standard InChI is InChI=1S/C12H16N2O/c1-9(2)8-13-14-12(15)11-6-4-10(3)5-7-11/h4-9H,1-3H3,(H,14,15). The van der Waals surface area contributed by atoms with Gasteiger partial charge in [0.15, 0.2) is 0 Å². The summed E-state index contributed by atoms with van der Waals surface area (Å²) in [6.07, 6.45) is 1.70. The summed E-state index contributed by atoms with van der Waals surface area (Å²) in [5.41, 5.74) is 4.24. The molecule has 15 heavy (non-hydrogen) atoms. The summed E-state index contributed by atoms with van der Waals surface area (Å²) >= 11 is 0. The molecule has 1 aromatic carbocycles. The molecular weight excluding hydrogens is 188 g/mol. The van der Waals surface area contributed by atoms with Crippen molar-refractivity contribution in [2.45, 2.75) is 20.8 Å². The Balaban J connectivity index is 2.58. The molecule has 1 rings (SSSR count). The van der Waals surface area contributed by atoms with Gasteiger partial charge in [0.1, 0.15) is 0 Å². The first-order valence-electron chi connectivity index (χ1n) is 5.00. The van der Waals surface area contributed by atoms with Gasteiger partial charge >= 0.3 is 0 Å². The number of benzene rings is 1. The average molecular weight is 204 g/mol. The Hall–Kier alpha value is -1.64. The van der Waals surface area contributed by atoms with Crippen LogP contribution < -0.4 is 5.43 Å². The lowest BCUT2D eigenvalue weighted by atomic mass is 10.1. The summed E-state index contributed by atoms with van der Waals surface area (Å²) in [7, 11) is 0. The van der Waals surface area contributed by atoms with Crippen LogP contribution in [-0.2, 0) is 0 Å². The summed E-state index contributed by atoms with van der Waals surface area (Å²) in [4.78, 5) is 11.5. The molecule has 0 saturated carbocycles. The Morgan fingerprint density at radius 3 is 2.47 bits per heavy atom. The van der Waals surface area contributed by atoms with E-state index >= 15 is 0 Å². The Bertz CT molecular complexity index is 352. The highest BCUT2D eigenvalue weighted by Gasteiger charge is 2.02. The van der Waals surface area contributed by atoms with E-state index in [2.05, 4.69) is 10.5 Å². The van der Waals surface area contributed by atoms with Crippen LogP contribution in [0.25, 0.3) is 0 Å². The van der Waals surface area contributed by atoms with Crippen molar-refractivity contribution < 1.29 is 4.79 Å². The molecule has 1 N–H and O–H groups in total. The van der Waals surface area contributed by atoms with Crippen molar-refractivity contribution in [3.8, 4) is 0 Å². The lowest BCUT2D eigenvalue weighted by Crippen LogP contribution is -2.17. The van der Waals surface area contributed by atoms with E-state index < -0.39 is 0 Å². The second-order valence-electron chi connectivity index (χ2n) is 3.83. The summed E-state index contributed by atoms with van der Waals surface area (Å²) in [6.45, 7) is 5.99. The number of hydrogen-bond donors (Lipinski definition) is 1. The summed E-state index contributed by atoms with van der Waals surface area (Å²) in [6, 6.07) is 7.38. The lowest BCUT2D eigenvalue weighted by molar-refractivity contribution is 0.0955. The van der Waals surface area contributed by atoms with Crippen LogP contribution in [-0.4, -0.2) is 12.1 Å². The minimum atomic E-state index is -0.174. The van der Waals surface area contributed by atoms with E-state index in [1.54, 1.807) is 18.3 Å². The number of nitrogens with one attached hydrogen (secondary N) is 1. The van der Waals surface area contributed by atoms with Gasteiger partial charge in [-0.3, -0.25) is 4.79 Å². The Labute approximate surface area is 90.2 Å². The maximum atomic E-state index is 11.5. The monoisotopic (exact) mass is 204 g/mol. The van der Waals surface area contributed by atoms with Crippen LogP contribution in [0.5, 0.6) is 0 Å². The summed E-state index contributed by atoms with van der Waals surface area (Å²) in [5.74, 6) is 0.162. The molecule has 0 fully saturated rings. The number of carbonyl (C=O) groups excluding carboxylic acids is 1. The first-order chi connectivity index (χ1) is 7.09. The molecule has 0 bridgehead atoms. The average Bonchev–Trinajstić information content (AvgIpc) is 2.18. The molecule has 3 nitrogen and oxygen atoms in total. The van der Waals surface area contributed by atoms with Crippen molar-refractivity contribution in [2.24, 2.45) is 11.0 Å². The molecule has 0 aromatic heterocycles. The highest BCUT2D eigenvalue weighted by Crippen LogP contribution is 2.02. The number of amides is 1. The van der Waals surface area contributed by atoms with Crippen molar-refractivity contribution >= 4 is 12.1 Å². The summed E-state index contributed by atoms with van der Waals surface area (Å²) < 4.78 is 0. The molecule has 0 atom stereocenters. The van der Waals surface area contributed by atoms with E-state index in [9.17, 15) is 4.79 Å². The van der Waals surface area contributed by atoms with Gasteiger partial charge in [-0.15, -0.1) is 0 Å². The number of aryl methyl sites for hydroxylation is 1. The Morgan fingerprint density at radius 2 is 1.93 bits per heavy atom.